The maximum Gasteiger partial charge on any atom is 0.277 e. The zero-order chi connectivity index (χ0) is 17.5. The van der Waals surface area contributed by atoms with Gasteiger partial charge in [0.2, 0.25) is 0 Å². The Balaban J connectivity index is 1.98. The second-order valence-corrected chi connectivity index (χ2v) is 5.65. The Hall–Kier alpha value is -2.53. The minimum Gasteiger partial charge on any atom is -0.507 e. The van der Waals surface area contributed by atoms with Crippen molar-refractivity contribution in [1.29, 1.82) is 0 Å². The van der Waals surface area contributed by atoms with Crippen LogP contribution in [0.5, 0.6) is 11.5 Å². The van der Waals surface area contributed by atoms with Crippen molar-refractivity contribution >= 4 is 23.2 Å². The third kappa shape index (κ3) is 4.99. The maximum absolute atomic E-state index is 11.9. The summed E-state index contributed by atoms with van der Waals surface area (Å²) in [4.78, 5) is 11.9. The molecule has 0 unspecified atom stereocenters. The molecule has 2 aromatic rings. The zero-order valence-electron chi connectivity index (χ0n) is 13.5. The number of hydrogen-bond donors (Lipinski definition) is 2. The highest BCUT2D eigenvalue weighted by Crippen LogP contribution is 2.20. The predicted molar refractivity (Wildman–Crippen MR) is 94.8 cm³/mol. The standard InChI is InChI=1S/C18H19ClN2O3/c1-3-16(15-10-12(2)4-9-17(15)22)20-21-18(23)11-24-14-7-5-13(19)6-8-14/h4-10,22H,3,11H2,1-2H3,(H,21,23)/b20-16+. The fraction of sp³-hybridized carbons (Fsp3) is 0.222. The lowest BCUT2D eigenvalue weighted by Crippen LogP contribution is -2.26. The number of nitrogens with zero attached hydrogens (tertiary/aromatic N) is 1. The highest BCUT2D eigenvalue weighted by atomic mass is 35.5. The van der Waals surface area contributed by atoms with Crippen LogP contribution >= 0.6 is 11.6 Å². The molecule has 2 rings (SSSR count). The molecule has 0 bridgehead atoms. The quantitative estimate of drug-likeness (QED) is 0.619. The summed E-state index contributed by atoms with van der Waals surface area (Å²) in [6, 6.07) is 12.0. The fourth-order valence-corrected chi connectivity index (χ4v) is 2.18. The Morgan fingerprint density at radius 1 is 1.25 bits per heavy atom. The number of ether oxygens (including phenoxy) is 1. The minimum absolute atomic E-state index is 0.132. The predicted octanol–water partition coefficient (Wildman–Crippen LogP) is 3.66. The Kier molecular flexibility index (Phi) is 6.21. The molecule has 0 spiro atoms. The molecule has 0 fully saturated rings. The lowest BCUT2D eigenvalue weighted by Gasteiger charge is -2.09. The molecule has 0 atom stereocenters. The molecule has 0 aliphatic rings. The Labute approximate surface area is 145 Å². The number of aromatic hydroxyl groups is 1. The largest absolute Gasteiger partial charge is 0.507 e. The van der Waals surface area contributed by atoms with Crippen LogP contribution in [0.3, 0.4) is 0 Å². The fourth-order valence-electron chi connectivity index (χ4n) is 2.05. The van der Waals surface area contributed by atoms with Gasteiger partial charge >= 0.3 is 0 Å². The molecule has 0 radical (unpaired) electrons. The molecule has 6 heteroatoms. The van der Waals surface area contributed by atoms with Crippen LogP contribution in [0.4, 0.5) is 0 Å². The number of carbonyl (C=O) groups excluding carboxylic acids is 1. The number of benzene rings is 2. The van der Waals surface area contributed by atoms with Gasteiger partial charge in [0.05, 0.1) is 5.71 Å². The van der Waals surface area contributed by atoms with Gasteiger partial charge in [0.25, 0.3) is 5.91 Å². The average molecular weight is 347 g/mol. The van der Waals surface area contributed by atoms with Crippen molar-refractivity contribution in [3.05, 3.63) is 58.6 Å². The molecule has 5 nitrogen and oxygen atoms in total. The molecule has 126 valence electrons. The van der Waals surface area contributed by atoms with Gasteiger partial charge in [-0.2, -0.15) is 5.10 Å². The monoisotopic (exact) mass is 346 g/mol. The summed E-state index contributed by atoms with van der Waals surface area (Å²) in [5.74, 6) is 0.293. The molecule has 0 heterocycles. The number of hydrazone groups is 1. The first-order valence-electron chi connectivity index (χ1n) is 7.53. The van der Waals surface area contributed by atoms with Crippen LogP contribution in [-0.4, -0.2) is 23.3 Å². The van der Waals surface area contributed by atoms with E-state index in [1.54, 1.807) is 30.3 Å². The Bertz CT molecular complexity index is 742. The van der Waals surface area contributed by atoms with Gasteiger partial charge in [-0.1, -0.05) is 30.2 Å². The smallest absolute Gasteiger partial charge is 0.277 e. The van der Waals surface area contributed by atoms with Gasteiger partial charge in [-0.25, -0.2) is 5.43 Å². The highest BCUT2D eigenvalue weighted by molar-refractivity contribution is 6.30. The summed E-state index contributed by atoms with van der Waals surface area (Å²) in [7, 11) is 0. The number of nitrogens with one attached hydrogen (secondary N) is 1. The molecule has 24 heavy (non-hydrogen) atoms. The summed E-state index contributed by atoms with van der Waals surface area (Å²) in [5, 5.41) is 14.6. The van der Waals surface area contributed by atoms with E-state index in [-0.39, 0.29) is 18.3 Å². The van der Waals surface area contributed by atoms with E-state index in [0.29, 0.717) is 28.5 Å². The van der Waals surface area contributed by atoms with E-state index < -0.39 is 0 Å². The second kappa shape index (κ2) is 8.36. The lowest BCUT2D eigenvalue weighted by atomic mass is 10.0. The summed E-state index contributed by atoms with van der Waals surface area (Å²) in [5.41, 5.74) is 4.65. The molecule has 0 aliphatic carbocycles. The number of rotatable bonds is 6. The third-order valence-corrected chi connectivity index (χ3v) is 3.55. The average Bonchev–Trinajstić information content (AvgIpc) is 2.58. The van der Waals surface area contributed by atoms with Crippen molar-refractivity contribution < 1.29 is 14.6 Å². The molecule has 0 saturated heterocycles. The summed E-state index contributed by atoms with van der Waals surface area (Å²) in [6.07, 6.45) is 0.565. The number of carbonyl (C=O) groups is 1. The van der Waals surface area contributed by atoms with Crippen LogP contribution < -0.4 is 10.2 Å². The Morgan fingerprint density at radius 3 is 2.62 bits per heavy atom. The van der Waals surface area contributed by atoms with E-state index in [4.69, 9.17) is 16.3 Å². The van der Waals surface area contributed by atoms with Gasteiger partial charge in [0, 0.05) is 10.6 Å². The van der Waals surface area contributed by atoms with Crippen LogP contribution in [0, 0.1) is 6.92 Å². The van der Waals surface area contributed by atoms with Gasteiger partial charge in [0.15, 0.2) is 6.61 Å². The van der Waals surface area contributed by atoms with Gasteiger partial charge in [-0.15, -0.1) is 0 Å². The van der Waals surface area contributed by atoms with Gasteiger partial charge in [-0.05, 0) is 49.7 Å². The first kappa shape index (κ1) is 17.8. The molecule has 0 saturated carbocycles. The van der Waals surface area contributed by atoms with E-state index in [9.17, 15) is 9.90 Å². The van der Waals surface area contributed by atoms with Crippen molar-refractivity contribution in [3.8, 4) is 11.5 Å². The van der Waals surface area contributed by atoms with E-state index in [0.717, 1.165) is 5.56 Å². The Morgan fingerprint density at radius 2 is 1.96 bits per heavy atom. The van der Waals surface area contributed by atoms with Crippen LogP contribution in [0.2, 0.25) is 5.02 Å². The maximum atomic E-state index is 11.9. The van der Waals surface area contributed by atoms with E-state index in [1.807, 2.05) is 26.0 Å². The number of amides is 1. The first-order chi connectivity index (χ1) is 11.5. The number of aryl methyl sites for hydroxylation is 1. The molecule has 0 aliphatic heterocycles. The molecular formula is C18H19ClN2O3. The summed E-state index contributed by atoms with van der Waals surface area (Å²) >= 11 is 5.78. The summed E-state index contributed by atoms with van der Waals surface area (Å²) < 4.78 is 5.35. The summed E-state index contributed by atoms with van der Waals surface area (Å²) in [6.45, 7) is 3.66. The van der Waals surface area contributed by atoms with E-state index in [2.05, 4.69) is 10.5 Å². The minimum atomic E-state index is -0.386. The van der Waals surface area contributed by atoms with Crippen LogP contribution in [0.1, 0.15) is 24.5 Å². The van der Waals surface area contributed by atoms with Crippen molar-refractivity contribution in [2.45, 2.75) is 20.3 Å². The molecule has 2 aromatic carbocycles. The van der Waals surface area contributed by atoms with Crippen molar-refractivity contribution in [3.63, 3.8) is 0 Å². The van der Waals surface area contributed by atoms with Crippen LogP contribution in [-0.2, 0) is 4.79 Å². The normalized spacial score (nSPS) is 11.2. The van der Waals surface area contributed by atoms with Gasteiger partial charge < -0.3 is 9.84 Å². The third-order valence-electron chi connectivity index (χ3n) is 3.30. The number of phenols is 1. The van der Waals surface area contributed by atoms with E-state index in [1.165, 1.54) is 0 Å². The molecule has 2 N–H and O–H groups in total. The van der Waals surface area contributed by atoms with Crippen molar-refractivity contribution in [2.75, 3.05) is 6.61 Å². The SMILES string of the molecule is CC/C(=N\NC(=O)COc1ccc(Cl)cc1)c1cc(C)ccc1O. The first-order valence-corrected chi connectivity index (χ1v) is 7.91. The number of hydrogen-bond acceptors (Lipinski definition) is 4. The van der Waals surface area contributed by atoms with Gasteiger partial charge in [0.1, 0.15) is 11.5 Å². The topological polar surface area (TPSA) is 70.9 Å². The molecular weight excluding hydrogens is 328 g/mol. The van der Waals surface area contributed by atoms with Crippen LogP contribution in [0.15, 0.2) is 47.6 Å². The van der Waals surface area contributed by atoms with Crippen LogP contribution in [0.25, 0.3) is 0 Å². The lowest BCUT2D eigenvalue weighted by molar-refractivity contribution is -0.123. The van der Waals surface area contributed by atoms with Crippen molar-refractivity contribution in [1.82, 2.24) is 5.43 Å². The molecule has 1 amide bonds. The number of halogens is 1. The van der Waals surface area contributed by atoms with E-state index >= 15 is 0 Å². The highest BCUT2D eigenvalue weighted by Gasteiger charge is 2.09. The zero-order valence-corrected chi connectivity index (χ0v) is 14.3. The van der Waals surface area contributed by atoms with Gasteiger partial charge in [-0.3, -0.25) is 4.79 Å². The number of phenolic OH excluding ortho intramolecular Hbond substituents is 1. The second-order valence-electron chi connectivity index (χ2n) is 5.21. The van der Waals surface area contributed by atoms with Crippen molar-refractivity contribution in [2.24, 2.45) is 5.10 Å². The molecule has 0 aromatic heterocycles.